The van der Waals surface area contributed by atoms with Crippen LogP contribution in [0.3, 0.4) is 0 Å². The second-order valence-electron chi connectivity index (χ2n) is 4.97. The minimum Gasteiger partial charge on any atom is -0.352 e. The molecule has 0 saturated heterocycles. The fraction of sp³-hybridized carbons (Fsp3) is 0.312. The van der Waals surface area contributed by atoms with Gasteiger partial charge in [0.2, 0.25) is 0 Å². The SMILES string of the molecule is CN=C(NCc1ccsc1)N1CCc2ccccc2C1. The van der Waals surface area contributed by atoms with Crippen LogP contribution in [0.1, 0.15) is 16.7 Å². The number of hydrogen-bond donors (Lipinski definition) is 1. The average Bonchev–Trinajstić information content (AvgIpc) is 3.01. The molecule has 1 aromatic carbocycles. The van der Waals surface area contributed by atoms with Gasteiger partial charge in [0.25, 0.3) is 0 Å². The van der Waals surface area contributed by atoms with Crippen LogP contribution in [0, 0.1) is 0 Å². The predicted molar refractivity (Wildman–Crippen MR) is 85.1 cm³/mol. The van der Waals surface area contributed by atoms with Gasteiger partial charge in [0.15, 0.2) is 5.96 Å². The van der Waals surface area contributed by atoms with Crippen molar-refractivity contribution in [3.05, 3.63) is 57.8 Å². The molecule has 0 unspecified atom stereocenters. The van der Waals surface area contributed by atoms with Crippen LogP contribution in [0.4, 0.5) is 0 Å². The van der Waals surface area contributed by atoms with E-state index in [0.29, 0.717) is 0 Å². The third-order valence-corrected chi connectivity index (χ3v) is 4.40. The molecule has 1 aliphatic rings. The van der Waals surface area contributed by atoms with Crippen molar-refractivity contribution in [2.24, 2.45) is 4.99 Å². The molecular weight excluding hydrogens is 266 g/mol. The highest BCUT2D eigenvalue weighted by atomic mass is 32.1. The fourth-order valence-electron chi connectivity index (χ4n) is 2.58. The lowest BCUT2D eigenvalue weighted by molar-refractivity contribution is 0.378. The van der Waals surface area contributed by atoms with Gasteiger partial charge in [-0.15, -0.1) is 0 Å². The minimum atomic E-state index is 0.842. The summed E-state index contributed by atoms with van der Waals surface area (Å²) in [6.45, 7) is 2.81. The molecule has 20 heavy (non-hydrogen) atoms. The van der Waals surface area contributed by atoms with Crippen LogP contribution in [-0.4, -0.2) is 24.5 Å². The number of rotatable bonds is 2. The van der Waals surface area contributed by atoms with Crippen molar-refractivity contribution in [1.82, 2.24) is 10.2 Å². The van der Waals surface area contributed by atoms with Gasteiger partial charge in [-0.05, 0) is 39.9 Å². The maximum Gasteiger partial charge on any atom is 0.194 e. The van der Waals surface area contributed by atoms with Gasteiger partial charge in [-0.1, -0.05) is 24.3 Å². The van der Waals surface area contributed by atoms with Gasteiger partial charge in [0.1, 0.15) is 0 Å². The molecule has 1 aliphatic heterocycles. The van der Waals surface area contributed by atoms with E-state index in [4.69, 9.17) is 0 Å². The van der Waals surface area contributed by atoms with E-state index >= 15 is 0 Å². The van der Waals surface area contributed by atoms with Crippen LogP contribution in [-0.2, 0) is 19.5 Å². The number of fused-ring (bicyclic) bond motifs is 1. The molecular formula is C16H19N3S. The average molecular weight is 285 g/mol. The zero-order valence-electron chi connectivity index (χ0n) is 11.7. The zero-order chi connectivity index (χ0) is 13.8. The molecule has 1 aromatic heterocycles. The Kier molecular flexibility index (Phi) is 4.02. The molecule has 0 fully saturated rings. The monoisotopic (exact) mass is 285 g/mol. The number of thiophene rings is 1. The van der Waals surface area contributed by atoms with Crippen molar-refractivity contribution < 1.29 is 0 Å². The molecule has 2 heterocycles. The highest BCUT2D eigenvalue weighted by Crippen LogP contribution is 2.18. The number of aliphatic imine (C=N–C) groups is 1. The first-order valence-corrected chi connectivity index (χ1v) is 7.84. The Morgan fingerprint density at radius 2 is 2.15 bits per heavy atom. The van der Waals surface area contributed by atoms with Crippen LogP contribution in [0.5, 0.6) is 0 Å². The summed E-state index contributed by atoms with van der Waals surface area (Å²) >= 11 is 1.73. The Hall–Kier alpha value is -1.81. The van der Waals surface area contributed by atoms with Gasteiger partial charge in [-0.2, -0.15) is 11.3 Å². The van der Waals surface area contributed by atoms with E-state index < -0.39 is 0 Å². The first-order chi connectivity index (χ1) is 9.86. The number of nitrogens with zero attached hydrogens (tertiary/aromatic N) is 2. The second kappa shape index (κ2) is 6.09. The lowest BCUT2D eigenvalue weighted by atomic mass is 10.0. The van der Waals surface area contributed by atoms with E-state index in [1.54, 1.807) is 11.3 Å². The summed E-state index contributed by atoms with van der Waals surface area (Å²) in [7, 11) is 1.86. The summed E-state index contributed by atoms with van der Waals surface area (Å²) in [5.74, 6) is 0.991. The molecule has 3 nitrogen and oxygen atoms in total. The zero-order valence-corrected chi connectivity index (χ0v) is 12.5. The largest absolute Gasteiger partial charge is 0.352 e. The third kappa shape index (κ3) is 2.85. The summed E-state index contributed by atoms with van der Waals surface area (Å²) < 4.78 is 0. The third-order valence-electron chi connectivity index (χ3n) is 3.67. The van der Waals surface area contributed by atoms with E-state index in [0.717, 1.165) is 32.0 Å². The molecule has 104 valence electrons. The first kappa shape index (κ1) is 13.2. The molecule has 0 saturated carbocycles. The number of benzene rings is 1. The normalized spacial score (nSPS) is 15.1. The van der Waals surface area contributed by atoms with Gasteiger partial charge >= 0.3 is 0 Å². The van der Waals surface area contributed by atoms with Crippen molar-refractivity contribution in [2.75, 3.05) is 13.6 Å². The Morgan fingerprint density at radius 3 is 2.90 bits per heavy atom. The second-order valence-corrected chi connectivity index (χ2v) is 5.75. The molecule has 0 amide bonds. The lowest BCUT2D eigenvalue weighted by Gasteiger charge is -2.31. The van der Waals surface area contributed by atoms with Crippen molar-refractivity contribution in [3.63, 3.8) is 0 Å². The van der Waals surface area contributed by atoms with Crippen LogP contribution in [0.25, 0.3) is 0 Å². The van der Waals surface area contributed by atoms with Crippen LogP contribution in [0.15, 0.2) is 46.1 Å². The maximum absolute atomic E-state index is 4.42. The molecule has 2 aromatic rings. The molecule has 3 rings (SSSR count). The summed E-state index contributed by atoms with van der Waals surface area (Å²) in [4.78, 5) is 6.75. The van der Waals surface area contributed by atoms with Crippen molar-refractivity contribution in [2.45, 2.75) is 19.5 Å². The topological polar surface area (TPSA) is 27.6 Å². The van der Waals surface area contributed by atoms with Crippen LogP contribution >= 0.6 is 11.3 Å². The highest BCUT2D eigenvalue weighted by molar-refractivity contribution is 7.07. The number of guanidine groups is 1. The first-order valence-electron chi connectivity index (χ1n) is 6.90. The summed E-state index contributed by atoms with van der Waals surface area (Å²) in [6.07, 6.45) is 1.09. The Morgan fingerprint density at radius 1 is 1.30 bits per heavy atom. The van der Waals surface area contributed by atoms with E-state index in [2.05, 4.69) is 56.3 Å². The summed E-state index contributed by atoms with van der Waals surface area (Å²) in [5.41, 5.74) is 4.20. The highest BCUT2D eigenvalue weighted by Gasteiger charge is 2.18. The van der Waals surface area contributed by atoms with E-state index in [1.165, 1.54) is 16.7 Å². The van der Waals surface area contributed by atoms with Gasteiger partial charge in [0, 0.05) is 26.7 Å². The van der Waals surface area contributed by atoms with E-state index in [-0.39, 0.29) is 0 Å². The van der Waals surface area contributed by atoms with Crippen molar-refractivity contribution in [1.29, 1.82) is 0 Å². The smallest absolute Gasteiger partial charge is 0.194 e. The maximum atomic E-state index is 4.42. The van der Waals surface area contributed by atoms with E-state index in [1.807, 2.05) is 7.05 Å². The van der Waals surface area contributed by atoms with Gasteiger partial charge in [0.05, 0.1) is 0 Å². The predicted octanol–water partition coefficient (Wildman–Crippen LogP) is 2.88. The standard InChI is InChI=1S/C16H19N3S/c1-17-16(18-10-13-7-9-20-12-13)19-8-6-14-4-2-3-5-15(14)11-19/h2-5,7,9,12H,6,8,10-11H2,1H3,(H,17,18). The Labute approximate surface area is 124 Å². The van der Waals surface area contributed by atoms with Gasteiger partial charge in [-0.25, -0.2) is 0 Å². The van der Waals surface area contributed by atoms with Crippen LogP contribution < -0.4 is 5.32 Å². The van der Waals surface area contributed by atoms with Gasteiger partial charge < -0.3 is 10.2 Å². The lowest BCUT2D eigenvalue weighted by Crippen LogP contribution is -2.43. The number of hydrogen-bond acceptors (Lipinski definition) is 2. The molecule has 1 N–H and O–H groups in total. The summed E-state index contributed by atoms with van der Waals surface area (Å²) in [5, 5.41) is 7.74. The molecule has 0 radical (unpaired) electrons. The fourth-order valence-corrected chi connectivity index (χ4v) is 3.25. The Balaban J connectivity index is 1.66. The molecule has 0 atom stereocenters. The quantitative estimate of drug-likeness (QED) is 0.678. The summed E-state index contributed by atoms with van der Waals surface area (Å²) in [6, 6.07) is 10.8. The Bertz CT molecular complexity index is 590. The molecule has 0 aliphatic carbocycles. The number of nitrogens with one attached hydrogen (secondary N) is 1. The van der Waals surface area contributed by atoms with Crippen molar-refractivity contribution in [3.8, 4) is 0 Å². The van der Waals surface area contributed by atoms with Gasteiger partial charge in [-0.3, -0.25) is 4.99 Å². The molecule has 0 spiro atoms. The minimum absolute atomic E-state index is 0.842. The van der Waals surface area contributed by atoms with E-state index in [9.17, 15) is 0 Å². The molecule has 0 bridgehead atoms. The van der Waals surface area contributed by atoms with Crippen molar-refractivity contribution >= 4 is 17.3 Å². The van der Waals surface area contributed by atoms with Crippen LogP contribution in [0.2, 0.25) is 0 Å². The molecule has 4 heteroatoms.